The molecule has 0 N–H and O–H groups in total. The van der Waals surface area contributed by atoms with Crippen LogP contribution in [0.4, 0.5) is 11.4 Å². The summed E-state index contributed by atoms with van der Waals surface area (Å²) in [6.45, 7) is 14.5. The molecule has 63 heavy (non-hydrogen) atoms. The summed E-state index contributed by atoms with van der Waals surface area (Å²) in [5, 5.41) is 2.07. The minimum atomic E-state index is -0.620. The Balaban J connectivity index is 0.000000317. The molecule has 0 saturated carbocycles. The van der Waals surface area contributed by atoms with Gasteiger partial charge >= 0.3 is 11.9 Å². The number of carbonyl (C=O) groups excluding carboxylic acids is 2. The number of anilines is 2. The van der Waals surface area contributed by atoms with Crippen molar-refractivity contribution in [3.63, 3.8) is 0 Å². The molecule has 2 saturated heterocycles. The van der Waals surface area contributed by atoms with Gasteiger partial charge in [0, 0.05) is 107 Å². The van der Waals surface area contributed by atoms with E-state index in [-0.39, 0.29) is 61.6 Å². The number of piperazine rings is 2. The SMILES string of the molecule is CC(=O)Oc1cc(N2CCN(C)CC2)cc2oc3cc(=[N+](C)C)ccc-3nc12.CN1CCN(c2cc(OC(=O)C(C)(C)C)c3nc4ccc(=[N+](C)C)cc-4oc3c2)CC1.Cl.Cl.[Cl-].[Cl-]. The third-order valence-corrected chi connectivity index (χ3v) is 10.7. The summed E-state index contributed by atoms with van der Waals surface area (Å²) in [6, 6.07) is 19.6. The van der Waals surface area contributed by atoms with Crippen LogP contribution in [-0.4, -0.2) is 126 Å². The van der Waals surface area contributed by atoms with Crippen LogP contribution < -0.4 is 64.0 Å². The smallest absolute Gasteiger partial charge is 0.316 e. The first-order chi connectivity index (χ1) is 28.0. The summed E-state index contributed by atoms with van der Waals surface area (Å²) in [5.41, 5.74) is 5.10. The first-order valence-corrected chi connectivity index (χ1v) is 20.1. The molecule has 18 heteroatoms. The second-order valence-corrected chi connectivity index (χ2v) is 16.9. The molecule has 0 bridgehead atoms. The minimum absolute atomic E-state index is 0. The Hall–Kier alpha value is -4.70. The standard InChI is InChI=1S/C24H31N4O3.C21H25N4O3.4ClH/c1-24(2,3)23(29)31-21-15-17(28-11-9-27(6)10-12-28)14-20-22(21)25-18-8-7-16(26(4)5)13-19(18)30-20;1-14(26)27-19-12-16(25-9-7-24(4)8-10-25)13-20-21(19)22-17-6-5-15(23(2)3)11-18(17)28-20;;;;/h7-8,13-15H,9-12H2,1-6H3;5-6,11-13H,7-10H2,1-4H3;4*1H/q2*+1;;;;/p-2. The van der Waals surface area contributed by atoms with Crippen LogP contribution in [0.1, 0.15) is 27.7 Å². The maximum absolute atomic E-state index is 12.7. The molecule has 0 atom stereocenters. The fourth-order valence-corrected chi connectivity index (χ4v) is 6.96. The van der Waals surface area contributed by atoms with Crippen LogP contribution in [0.2, 0.25) is 0 Å². The van der Waals surface area contributed by atoms with Crippen LogP contribution in [-0.2, 0) is 9.59 Å². The van der Waals surface area contributed by atoms with Crippen molar-refractivity contribution >= 4 is 70.3 Å². The van der Waals surface area contributed by atoms with Gasteiger partial charge in [-0.15, -0.1) is 24.8 Å². The number of carbonyl (C=O) groups is 2. The lowest BCUT2D eigenvalue weighted by molar-refractivity contribution is -0.142. The van der Waals surface area contributed by atoms with Gasteiger partial charge in [0.05, 0.1) is 17.5 Å². The number of fused-ring (bicyclic) bond motifs is 4. The number of hydrogen-bond acceptors (Lipinski definition) is 12. The highest BCUT2D eigenvalue weighted by molar-refractivity contribution is 5.90. The van der Waals surface area contributed by atoms with E-state index in [0.29, 0.717) is 45.2 Å². The largest absolute Gasteiger partial charge is 1.00 e. The zero-order valence-electron chi connectivity index (χ0n) is 37.5. The number of likely N-dealkylation sites (N-methyl/N-ethyl adjacent to an activating group) is 2. The van der Waals surface area contributed by atoms with E-state index < -0.39 is 5.41 Å². The molecule has 0 radical (unpaired) electrons. The van der Waals surface area contributed by atoms with E-state index >= 15 is 0 Å². The molecule has 2 aromatic carbocycles. The summed E-state index contributed by atoms with van der Waals surface area (Å²) in [5.74, 6) is 1.59. The third kappa shape index (κ3) is 12.3. The maximum Gasteiger partial charge on any atom is 0.316 e. The Morgan fingerprint density at radius 3 is 1.33 bits per heavy atom. The van der Waals surface area contributed by atoms with Crippen LogP contribution in [0.15, 0.2) is 69.5 Å². The van der Waals surface area contributed by atoms with E-state index in [2.05, 4.69) is 33.7 Å². The molecule has 0 spiro atoms. The minimum Gasteiger partial charge on any atom is -1.00 e. The summed E-state index contributed by atoms with van der Waals surface area (Å²) in [4.78, 5) is 43.0. The van der Waals surface area contributed by atoms with Crippen LogP contribution in [0.5, 0.6) is 11.5 Å². The van der Waals surface area contributed by atoms with Crippen LogP contribution in [0, 0.1) is 5.41 Å². The molecule has 4 aliphatic heterocycles. The van der Waals surface area contributed by atoms with Gasteiger partial charge in [-0.05, 0) is 47.0 Å². The summed E-state index contributed by atoms with van der Waals surface area (Å²) < 4.78 is 27.8. The van der Waals surface area contributed by atoms with Crippen LogP contribution in [0.3, 0.4) is 0 Å². The molecule has 2 fully saturated rings. The van der Waals surface area contributed by atoms with Crippen molar-refractivity contribution < 1.29 is 52.7 Å². The molecule has 14 nitrogen and oxygen atoms in total. The summed E-state index contributed by atoms with van der Waals surface area (Å²) in [6.07, 6.45) is 0. The number of nitrogens with zero attached hydrogens (tertiary/aromatic N) is 8. The predicted octanol–water partition coefficient (Wildman–Crippen LogP) is -0.839. The van der Waals surface area contributed by atoms with Gasteiger partial charge < -0.3 is 62.7 Å². The normalized spacial score (nSPS) is 14.4. The highest BCUT2D eigenvalue weighted by atomic mass is 35.5. The Kier molecular flexibility index (Phi) is 18.2. The monoisotopic (exact) mass is 946 g/mol. The highest BCUT2D eigenvalue weighted by Crippen LogP contribution is 2.37. The molecule has 8 rings (SSSR count). The average Bonchev–Trinajstić information content (AvgIpc) is 3.19. The van der Waals surface area contributed by atoms with Crippen molar-refractivity contribution in [1.82, 2.24) is 28.9 Å². The molecule has 342 valence electrons. The van der Waals surface area contributed by atoms with Crippen molar-refractivity contribution in [2.24, 2.45) is 5.41 Å². The first-order valence-electron chi connectivity index (χ1n) is 20.1. The zero-order chi connectivity index (χ0) is 42.2. The third-order valence-electron chi connectivity index (χ3n) is 10.7. The number of aromatic nitrogens is 2. The summed E-state index contributed by atoms with van der Waals surface area (Å²) in [7, 11) is 12.2. The molecule has 4 heterocycles. The van der Waals surface area contributed by atoms with Gasteiger partial charge in [0.1, 0.15) is 50.6 Å². The Morgan fingerprint density at radius 2 is 0.984 bits per heavy atom. The second-order valence-electron chi connectivity index (χ2n) is 16.9. The van der Waals surface area contributed by atoms with E-state index in [1.165, 1.54) is 6.92 Å². The maximum atomic E-state index is 12.7. The lowest BCUT2D eigenvalue weighted by Gasteiger charge is -2.34. The van der Waals surface area contributed by atoms with E-state index in [1.54, 1.807) is 0 Å². The van der Waals surface area contributed by atoms with Crippen molar-refractivity contribution in [2.75, 3.05) is 104 Å². The van der Waals surface area contributed by atoms with Crippen molar-refractivity contribution in [1.29, 1.82) is 0 Å². The number of hydrogen-bond donors (Lipinski definition) is 0. The lowest BCUT2D eigenvalue weighted by atomic mass is 9.97. The zero-order valence-corrected chi connectivity index (χ0v) is 40.7. The van der Waals surface area contributed by atoms with Crippen molar-refractivity contribution in [3.8, 4) is 34.4 Å². The molecular weight excluding hydrogens is 890 g/mol. The molecule has 0 unspecified atom stereocenters. The van der Waals surface area contributed by atoms with E-state index in [1.807, 2.05) is 119 Å². The fourth-order valence-electron chi connectivity index (χ4n) is 6.96. The average molecular weight is 949 g/mol. The van der Waals surface area contributed by atoms with Crippen LogP contribution in [0.25, 0.3) is 45.1 Å². The topological polar surface area (TPSA) is 124 Å². The molecular formula is C45H58Cl4N8O6. The van der Waals surface area contributed by atoms with Gasteiger partial charge in [-0.3, -0.25) is 9.59 Å². The number of halogens is 4. The Labute approximate surface area is 393 Å². The molecule has 0 amide bonds. The highest BCUT2D eigenvalue weighted by Gasteiger charge is 2.27. The number of esters is 2. The quantitative estimate of drug-likeness (QED) is 0.0949. The number of ether oxygens (including phenoxy) is 2. The summed E-state index contributed by atoms with van der Waals surface area (Å²) >= 11 is 0. The van der Waals surface area contributed by atoms with E-state index in [0.717, 1.165) is 85.8 Å². The van der Waals surface area contributed by atoms with Gasteiger partial charge in [0.2, 0.25) is 10.7 Å². The van der Waals surface area contributed by atoms with Gasteiger partial charge in [-0.2, -0.15) is 0 Å². The van der Waals surface area contributed by atoms with E-state index in [9.17, 15) is 9.59 Å². The van der Waals surface area contributed by atoms with Crippen molar-refractivity contribution in [3.05, 3.63) is 71.4 Å². The van der Waals surface area contributed by atoms with E-state index in [4.69, 9.17) is 28.3 Å². The Morgan fingerprint density at radius 1 is 0.603 bits per heavy atom. The Bertz CT molecular complexity index is 2620. The predicted molar refractivity (Wildman–Crippen MR) is 246 cm³/mol. The lowest BCUT2D eigenvalue weighted by Crippen LogP contribution is -3.00. The van der Waals surface area contributed by atoms with Gasteiger partial charge in [-0.1, -0.05) is 0 Å². The van der Waals surface area contributed by atoms with Crippen LogP contribution >= 0.6 is 24.8 Å². The molecule has 2 aliphatic carbocycles. The molecule has 0 aromatic heterocycles. The van der Waals surface area contributed by atoms with Crippen molar-refractivity contribution in [2.45, 2.75) is 27.7 Å². The first kappa shape index (κ1) is 52.6. The second kappa shape index (κ2) is 21.8. The molecule has 6 aliphatic rings. The van der Waals surface area contributed by atoms with Gasteiger partial charge in [0.15, 0.2) is 34.2 Å². The molecule has 2 aromatic rings. The number of rotatable bonds is 4. The van der Waals surface area contributed by atoms with Gasteiger partial charge in [-0.25, -0.2) is 19.1 Å². The number of benzene rings is 4. The fraction of sp³-hybridized carbons (Fsp3) is 0.422. The van der Waals surface area contributed by atoms with Gasteiger partial charge in [0.25, 0.3) is 0 Å².